The van der Waals surface area contributed by atoms with Gasteiger partial charge in [0.25, 0.3) is 0 Å². The molecule has 1 rings (SSSR count). The quantitative estimate of drug-likeness (QED) is 0.672. The molecule has 0 heterocycles. The first-order valence-corrected chi connectivity index (χ1v) is 6.79. The monoisotopic (exact) mass is 261 g/mol. The standard InChI is InChI=1S/C16H23NO2/c1-3-5-13-6-8-14(9-7-13)11-15(12-16(18)19)17-10-4-2/h4,6-9,15,17H,2-3,5,10-12H2,1H3,(H,18,19). The van der Waals surface area contributed by atoms with Crippen molar-refractivity contribution in [1.82, 2.24) is 5.32 Å². The number of rotatable bonds is 9. The fourth-order valence-electron chi connectivity index (χ4n) is 2.09. The summed E-state index contributed by atoms with van der Waals surface area (Å²) in [6.45, 7) is 6.43. The molecule has 0 spiro atoms. The van der Waals surface area contributed by atoms with E-state index >= 15 is 0 Å². The van der Waals surface area contributed by atoms with Crippen molar-refractivity contribution in [2.24, 2.45) is 0 Å². The van der Waals surface area contributed by atoms with Gasteiger partial charge < -0.3 is 10.4 Å². The van der Waals surface area contributed by atoms with Crippen LogP contribution in [0, 0.1) is 0 Å². The molecule has 19 heavy (non-hydrogen) atoms. The lowest BCUT2D eigenvalue weighted by molar-refractivity contribution is -0.137. The van der Waals surface area contributed by atoms with E-state index in [2.05, 4.69) is 43.1 Å². The minimum Gasteiger partial charge on any atom is -0.481 e. The highest BCUT2D eigenvalue weighted by Crippen LogP contribution is 2.10. The summed E-state index contributed by atoms with van der Waals surface area (Å²) >= 11 is 0. The van der Waals surface area contributed by atoms with Crippen molar-refractivity contribution in [3.05, 3.63) is 48.0 Å². The fourth-order valence-corrected chi connectivity index (χ4v) is 2.09. The average Bonchev–Trinajstić information content (AvgIpc) is 2.38. The number of carbonyl (C=O) groups is 1. The zero-order chi connectivity index (χ0) is 14.1. The minimum atomic E-state index is -0.774. The summed E-state index contributed by atoms with van der Waals surface area (Å²) in [4.78, 5) is 10.8. The molecule has 0 fully saturated rings. The number of carboxylic acid groups (broad SMARTS) is 1. The summed E-state index contributed by atoms with van der Waals surface area (Å²) in [6, 6.07) is 8.40. The van der Waals surface area contributed by atoms with Crippen molar-refractivity contribution >= 4 is 5.97 Å². The molecule has 0 amide bonds. The maximum absolute atomic E-state index is 10.8. The van der Waals surface area contributed by atoms with Crippen LogP contribution in [-0.4, -0.2) is 23.7 Å². The fraction of sp³-hybridized carbons (Fsp3) is 0.438. The van der Waals surface area contributed by atoms with Crippen LogP contribution in [0.4, 0.5) is 0 Å². The van der Waals surface area contributed by atoms with E-state index in [0.29, 0.717) is 6.54 Å². The number of aliphatic carboxylic acids is 1. The van der Waals surface area contributed by atoms with Gasteiger partial charge in [-0.25, -0.2) is 0 Å². The lowest BCUT2D eigenvalue weighted by atomic mass is 10.0. The van der Waals surface area contributed by atoms with Crippen molar-refractivity contribution in [2.75, 3.05) is 6.54 Å². The SMILES string of the molecule is C=CCNC(CC(=O)O)Cc1ccc(CCC)cc1. The number of benzene rings is 1. The van der Waals surface area contributed by atoms with Crippen LogP contribution in [0.5, 0.6) is 0 Å². The van der Waals surface area contributed by atoms with Crippen molar-refractivity contribution in [3.63, 3.8) is 0 Å². The van der Waals surface area contributed by atoms with E-state index in [1.165, 1.54) is 11.1 Å². The number of hydrogen-bond donors (Lipinski definition) is 2. The molecular formula is C16H23NO2. The second kappa shape index (κ2) is 8.48. The van der Waals surface area contributed by atoms with Gasteiger partial charge >= 0.3 is 5.97 Å². The summed E-state index contributed by atoms with van der Waals surface area (Å²) in [6.07, 6.45) is 4.84. The normalized spacial score (nSPS) is 12.1. The molecule has 0 radical (unpaired) electrons. The molecule has 0 aliphatic carbocycles. The maximum Gasteiger partial charge on any atom is 0.304 e. The Hall–Kier alpha value is -1.61. The molecule has 0 aliphatic heterocycles. The highest BCUT2D eigenvalue weighted by atomic mass is 16.4. The molecule has 1 aromatic carbocycles. The Labute approximate surface area is 115 Å². The predicted molar refractivity (Wildman–Crippen MR) is 78.4 cm³/mol. The van der Waals surface area contributed by atoms with Crippen LogP contribution in [-0.2, 0) is 17.6 Å². The molecule has 0 saturated carbocycles. The molecule has 1 aromatic rings. The molecule has 104 valence electrons. The highest BCUT2D eigenvalue weighted by Gasteiger charge is 2.12. The average molecular weight is 261 g/mol. The predicted octanol–water partition coefficient (Wildman–Crippen LogP) is 2.80. The molecule has 0 bridgehead atoms. The maximum atomic E-state index is 10.8. The van der Waals surface area contributed by atoms with Gasteiger partial charge in [-0.05, 0) is 24.0 Å². The largest absolute Gasteiger partial charge is 0.481 e. The Morgan fingerprint density at radius 3 is 2.53 bits per heavy atom. The van der Waals surface area contributed by atoms with E-state index in [0.717, 1.165) is 19.3 Å². The Balaban J connectivity index is 2.60. The van der Waals surface area contributed by atoms with Gasteiger partial charge in [-0.2, -0.15) is 0 Å². The minimum absolute atomic E-state index is 0.0486. The molecule has 0 aromatic heterocycles. The molecule has 0 aliphatic rings. The molecule has 0 saturated heterocycles. The van der Waals surface area contributed by atoms with Crippen LogP contribution in [0.3, 0.4) is 0 Å². The third-order valence-corrected chi connectivity index (χ3v) is 3.02. The van der Waals surface area contributed by atoms with E-state index < -0.39 is 5.97 Å². The van der Waals surface area contributed by atoms with E-state index in [1.54, 1.807) is 6.08 Å². The molecule has 1 atom stereocenters. The van der Waals surface area contributed by atoms with Gasteiger partial charge in [-0.1, -0.05) is 43.7 Å². The summed E-state index contributed by atoms with van der Waals surface area (Å²) in [5, 5.41) is 12.1. The van der Waals surface area contributed by atoms with Crippen LogP contribution in [0.2, 0.25) is 0 Å². The van der Waals surface area contributed by atoms with Gasteiger partial charge in [0.1, 0.15) is 0 Å². The summed E-state index contributed by atoms with van der Waals surface area (Å²) < 4.78 is 0. The van der Waals surface area contributed by atoms with E-state index in [4.69, 9.17) is 5.11 Å². The number of carboxylic acids is 1. The summed E-state index contributed by atoms with van der Waals surface area (Å²) in [7, 11) is 0. The summed E-state index contributed by atoms with van der Waals surface area (Å²) in [5.41, 5.74) is 2.50. The second-order valence-corrected chi connectivity index (χ2v) is 4.76. The van der Waals surface area contributed by atoms with Crippen LogP contribution in [0.25, 0.3) is 0 Å². The molecule has 1 unspecified atom stereocenters. The lowest BCUT2D eigenvalue weighted by Crippen LogP contribution is -2.33. The molecule has 3 nitrogen and oxygen atoms in total. The Bertz CT molecular complexity index is 398. The first-order valence-electron chi connectivity index (χ1n) is 6.79. The zero-order valence-electron chi connectivity index (χ0n) is 11.6. The van der Waals surface area contributed by atoms with Crippen molar-refractivity contribution in [2.45, 2.75) is 38.6 Å². The molecular weight excluding hydrogens is 238 g/mol. The van der Waals surface area contributed by atoms with Crippen LogP contribution < -0.4 is 5.32 Å². The summed E-state index contributed by atoms with van der Waals surface area (Å²) in [5.74, 6) is -0.774. The third kappa shape index (κ3) is 6.20. The van der Waals surface area contributed by atoms with Gasteiger partial charge in [0, 0.05) is 12.6 Å². The highest BCUT2D eigenvalue weighted by molar-refractivity contribution is 5.67. The zero-order valence-corrected chi connectivity index (χ0v) is 11.6. The Morgan fingerprint density at radius 2 is 2.00 bits per heavy atom. The Kier molecular flexibility index (Phi) is 6.90. The number of hydrogen-bond acceptors (Lipinski definition) is 2. The van der Waals surface area contributed by atoms with Gasteiger partial charge in [-0.3, -0.25) is 4.79 Å². The lowest BCUT2D eigenvalue weighted by Gasteiger charge is -2.16. The van der Waals surface area contributed by atoms with Gasteiger partial charge in [-0.15, -0.1) is 6.58 Å². The van der Waals surface area contributed by atoms with E-state index in [1.807, 2.05) is 0 Å². The number of aryl methyl sites for hydroxylation is 1. The van der Waals surface area contributed by atoms with Crippen molar-refractivity contribution in [1.29, 1.82) is 0 Å². The van der Waals surface area contributed by atoms with Gasteiger partial charge in [0.2, 0.25) is 0 Å². The first-order chi connectivity index (χ1) is 9.15. The van der Waals surface area contributed by atoms with Gasteiger partial charge in [0.05, 0.1) is 6.42 Å². The van der Waals surface area contributed by atoms with Crippen LogP contribution >= 0.6 is 0 Å². The smallest absolute Gasteiger partial charge is 0.304 e. The Morgan fingerprint density at radius 1 is 1.37 bits per heavy atom. The molecule has 2 N–H and O–H groups in total. The van der Waals surface area contributed by atoms with Crippen molar-refractivity contribution in [3.8, 4) is 0 Å². The van der Waals surface area contributed by atoms with E-state index in [-0.39, 0.29) is 12.5 Å². The molecule has 3 heteroatoms. The first kappa shape index (κ1) is 15.4. The second-order valence-electron chi connectivity index (χ2n) is 4.76. The topological polar surface area (TPSA) is 49.3 Å². The van der Waals surface area contributed by atoms with Crippen molar-refractivity contribution < 1.29 is 9.90 Å². The number of nitrogens with one attached hydrogen (secondary N) is 1. The van der Waals surface area contributed by atoms with Gasteiger partial charge in [0.15, 0.2) is 0 Å². The van der Waals surface area contributed by atoms with Crippen LogP contribution in [0.1, 0.15) is 30.9 Å². The van der Waals surface area contributed by atoms with Crippen LogP contribution in [0.15, 0.2) is 36.9 Å². The van der Waals surface area contributed by atoms with E-state index in [9.17, 15) is 4.79 Å². The third-order valence-electron chi connectivity index (χ3n) is 3.02.